The summed E-state index contributed by atoms with van der Waals surface area (Å²) >= 11 is 0. The molecule has 0 aromatic carbocycles. The number of nitrogens with two attached hydrogens (primary N) is 1. The predicted octanol–water partition coefficient (Wildman–Crippen LogP) is 2.44. The molecule has 0 spiro atoms. The SMILES string of the molecule is CC(C)(F)COc1ccn2c(C(N)=O)cnc2c1C1CC1. The maximum Gasteiger partial charge on any atom is 0.267 e. The summed E-state index contributed by atoms with van der Waals surface area (Å²) in [5, 5.41) is 0. The van der Waals surface area contributed by atoms with Gasteiger partial charge in [-0.15, -0.1) is 0 Å². The van der Waals surface area contributed by atoms with E-state index in [0.717, 1.165) is 18.4 Å². The van der Waals surface area contributed by atoms with Crippen LogP contribution in [0.15, 0.2) is 18.5 Å². The minimum atomic E-state index is -1.40. The zero-order valence-electron chi connectivity index (χ0n) is 12.1. The number of hydrogen-bond donors (Lipinski definition) is 1. The van der Waals surface area contributed by atoms with Crippen molar-refractivity contribution in [3.63, 3.8) is 0 Å². The number of fused-ring (bicyclic) bond motifs is 1. The largest absolute Gasteiger partial charge is 0.490 e. The second-order valence-corrected chi connectivity index (χ2v) is 6.08. The van der Waals surface area contributed by atoms with E-state index in [1.165, 1.54) is 20.0 Å². The molecule has 5 nitrogen and oxygen atoms in total. The summed E-state index contributed by atoms with van der Waals surface area (Å²) in [6, 6.07) is 1.75. The molecule has 2 aromatic heterocycles. The summed E-state index contributed by atoms with van der Waals surface area (Å²) in [6.07, 6.45) is 5.25. The van der Waals surface area contributed by atoms with E-state index in [2.05, 4.69) is 4.98 Å². The van der Waals surface area contributed by atoms with E-state index in [1.807, 2.05) is 0 Å². The van der Waals surface area contributed by atoms with E-state index in [-0.39, 0.29) is 6.61 Å². The molecule has 3 rings (SSSR count). The van der Waals surface area contributed by atoms with Crippen LogP contribution in [0.4, 0.5) is 4.39 Å². The standard InChI is InChI=1S/C15H18FN3O2/c1-15(2,16)8-21-11-5-6-19-10(13(17)20)7-18-14(19)12(11)9-3-4-9/h5-7,9H,3-4,8H2,1-2H3,(H2,17,20). The van der Waals surface area contributed by atoms with E-state index >= 15 is 0 Å². The Kier molecular flexibility index (Phi) is 3.11. The van der Waals surface area contributed by atoms with Gasteiger partial charge in [0.15, 0.2) is 0 Å². The van der Waals surface area contributed by atoms with Crippen molar-refractivity contribution in [1.82, 2.24) is 9.38 Å². The fraction of sp³-hybridized carbons (Fsp3) is 0.467. The summed E-state index contributed by atoms with van der Waals surface area (Å²) < 4.78 is 20.9. The normalized spacial score (nSPS) is 15.4. The lowest BCUT2D eigenvalue weighted by Gasteiger charge is -2.18. The van der Waals surface area contributed by atoms with Crippen molar-refractivity contribution in [3.05, 3.63) is 29.7 Å². The number of imidazole rings is 1. The van der Waals surface area contributed by atoms with Crippen LogP contribution in [0.5, 0.6) is 5.75 Å². The fourth-order valence-electron chi connectivity index (χ4n) is 2.37. The molecule has 0 radical (unpaired) electrons. The summed E-state index contributed by atoms with van der Waals surface area (Å²) in [4.78, 5) is 15.7. The van der Waals surface area contributed by atoms with E-state index in [4.69, 9.17) is 10.5 Å². The first-order valence-electron chi connectivity index (χ1n) is 6.98. The van der Waals surface area contributed by atoms with Gasteiger partial charge in [0, 0.05) is 11.8 Å². The Labute approximate surface area is 121 Å². The Morgan fingerprint density at radius 3 is 2.86 bits per heavy atom. The number of aromatic nitrogens is 2. The lowest BCUT2D eigenvalue weighted by atomic mass is 10.1. The van der Waals surface area contributed by atoms with Gasteiger partial charge >= 0.3 is 0 Å². The zero-order chi connectivity index (χ0) is 15.2. The van der Waals surface area contributed by atoms with Gasteiger partial charge in [-0.3, -0.25) is 9.20 Å². The van der Waals surface area contributed by atoms with Crippen LogP contribution in [0, 0.1) is 0 Å². The van der Waals surface area contributed by atoms with Crippen LogP contribution in [0.2, 0.25) is 0 Å². The number of nitrogens with zero attached hydrogens (tertiary/aromatic N) is 2. The highest BCUT2D eigenvalue weighted by molar-refractivity contribution is 5.92. The number of rotatable bonds is 5. The van der Waals surface area contributed by atoms with Gasteiger partial charge in [0.05, 0.1) is 6.20 Å². The van der Waals surface area contributed by atoms with Crippen LogP contribution >= 0.6 is 0 Å². The Hall–Kier alpha value is -2.11. The molecule has 2 aromatic rings. The van der Waals surface area contributed by atoms with Gasteiger partial charge in [0.2, 0.25) is 0 Å². The third-order valence-electron chi connectivity index (χ3n) is 3.49. The van der Waals surface area contributed by atoms with Crippen LogP contribution in [0.1, 0.15) is 48.7 Å². The number of halogens is 1. The molecule has 6 heteroatoms. The zero-order valence-corrected chi connectivity index (χ0v) is 12.1. The Morgan fingerprint density at radius 2 is 2.29 bits per heavy atom. The van der Waals surface area contributed by atoms with Crippen molar-refractivity contribution in [2.24, 2.45) is 5.73 Å². The van der Waals surface area contributed by atoms with E-state index in [9.17, 15) is 9.18 Å². The van der Waals surface area contributed by atoms with Crippen molar-refractivity contribution in [1.29, 1.82) is 0 Å². The molecule has 2 N–H and O–H groups in total. The lowest BCUT2D eigenvalue weighted by molar-refractivity contribution is 0.0994. The molecule has 0 saturated heterocycles. The molecule has 0 unspecified atom stereocenters. The molecule has 112 valence electrons. The summed E-state index contributed by atoms with van der Waals surface area (Å²) in [6.45, 7) is 2.93. The first-order chi connectivity index (χ1) is 9.87. The molecule has 0 atom stereocenters. The quantitative estimate of drug-likeness (QED) is 0.919. The lowest BCUT2D eigenvalue weighted by Crippen LogP contribution is -2.23. The fourth-order valence-corrected chi connectivity index (χ4v) is 2.37. The van der Waals surface area contributed by atoms with Crippen molar-refractivity contribution in [2.75, 3.05) is 6.61 Å². The number of amides is 1. The summed E-state index contributed by atoms with van der Waals surface area (Å²) in [7, 11) is 0. The van der Waals surface area contributed by atoms with Crippen LogP contribution in [0.25, 0.3) is 5.65 Å². The Morgan fingerprint density at radius 1 is 1.57 bits per heavy atom. The second-order valence-electron chi connectivity index (χ2n) is 6.08. The topological polar surface area (TPSA) is 69.6 Å². The second kappa shape index (κ2) is 4.72. The first-order valence-corrected chi connectivity index (χ1v) is 6.98. The van der Waals surface area contributed by atoms with Gasteiger partial charge in [-0.05, 0) is 38.7 Å². The Bertz CT molecular complexity index is 699. The first kappa shape index (κ1) is 13.9. The maximum atomic E-state index is 13.6. The molecule has 1 saturated carbocycles. The molecule has 21 heavy (non-hydrogen) atoms. The molecule has 0 aliphatic heterocycles. The highest BCUT2D eigenvalue weighted by Gasteiger charge is 2.31. The summed E-state index contributed by atoms with van der Waals surface area (Å²) in [5.74, 6) is 0.467. The van der Waals surface area contributed by atoms with E-state index in [0.29, 0.717) is 23.0 Å². The minimum Gasteiger partial charge on any atom is -0.490 e. The number of carbonyl (C=O) groups is 1. The molecule has 1 aliphatic carbocycles. The number of alkyl halides is 1. The number of hydrogen-bond acceptors (Lipinski definition) is 3. The Balaban J connectivity index is 2.05. The average Bonchev–Trinajstić information content (AvgIpc) is 3.12. The van der Waals surface area contributed by atoms with Crippen LogP contribution < -0.4 is 10.5 Å². The predicted molar refractivity (Wildman–Crippen MR) is 76.4 cm³/mol. The molecule has 1 fully saturated rings. The molecule has 1 amide bonds. The van der Waals surface area contributed by atoms with Gasteiger partial charge in [-0.25, -0.2) is 9.37 Å². The number of pyridine rings is 1. The van der Waals surface area contributed by atoms with Gasteiger partial charge in [-0.2, -0.15) is 0 Å². The third kappa shape index (κ3) is 2.70. The van der Waals surface area contributed by atoms with E-state index in [1.54, 1.807) is 16.7 Å². The van der Waals surface area contributed by atoms with Crippen molar-refractivity contribution in [2.45, 2.75) is 38.3 Å². The van der Waals surface area contributed by atoms with Crippen LogP contribution in [-0.2, 0) is 0 Å². The van der Waals surface area contributed by atoms with Crippen LogP contribution in [0.3, 0.4) is 0 Å². The molecular weight excluding hydrogens is 273 g/mol. The number of primary amides is 1. The van der Waals surface area contributed by atoms with Gasteiger partial charge in [0.25, 0.3) is 5.91 Å². The minimum absolute atomic E-state index is 0.0215. The van der Waals surface area contributed by atoms with Gasteiger partial charge in [0.1, 0.15) is 29.4 Å². The highest BCUT2D eigenvalue weighted by Crippen LogP contribution is 2.46. The molecule has 2 heterocycles. The number of ether oxygens (including phenoxy) is 1. The summed E-state index contributed by atoms with van der Waals surface area (Å²) in [5.41, 5.74) is 5.88. The van der Waals surface area contributed by atoms with Gasteiger partial charge < -0.3 is 10.5 Å². The molecule has 0 bridgehead atoms. The smallest absolute Gasteiger partial charge is 0.267 e. The maximum absolute atomic E-state index is 13.6. The van der Waals surface area contributed by atoms with Gasteiger partial charge in [-0.1, -0.05) is 0 Å². The highest BCUT2D eigenvalue weighted by atomic mass is 19.1. The molecule has 1 aliphatic rings. The van der Waals surface area contributed by atoms with Crippen molar-refractivity contribution >= 4 is 11.6 Å². The van der Waals surface area contributed by atoms with E-state index < -0.39 is 11.6 Å². The van der Waals surface area contributed by atoms with Crippen molar-refractivity contribution in [3.8, 4) is 5.75 Å². The molecular formula is C15H18FN3O2. The van der Waals surface area contributed by atoms with Crippen molar-refractivity contribution < 1.29 is 13.9 Å². The monoisotopic (exact) mass is 291 g/mol. The van der Waals surface area contributed by atoms with Crippen LogP contribution in [-0.4, -0.2) is 27.6 Å². The average molecular weight is 291 g/mol. The number of carbonyl (C=O) groups excluding carboxylic acids is 1. The third-order valence-corrected chi connectivity index (χ3v) is 3.49.